The minimum Gasteiger partial charge on any atom is -0.329 e. The van der Waals surface area contributed by atoms with Gasteiger partial charge in [0.1, 0.15) is 0 Å². The van der Waals surface area contributed by atoms with Gasteiger partial charge in [0.05, 0.1) is 42.1 Å². The molecule has 0 spiro atoms. The van der Waals surface area contributed by atoms with Crippen LogP contribution >= 0.6 is 34.5 Å². The van der Waals surface area contributed by atoms with Gasteiger partial charge in [-0.1, -0.05) is 40.6 Å². The molecule has 2 N–H and O–H groups in total. The number of anilines is 3. The summed E-state index contributed by atoms with van der Waals surface area (Å²) in [6, 6.07) is 11.0. The lowest BCUT2D eigenvalue weighted by molar-refractivity contribution is -0.137. The number of benzene rings is 3. The molecule has 0 aliphatic heterocycles. The molecule has 0 atom stereocenters. The molecule has 0 aliphatic carbocycles. The van der Waals surface area contributed by atoms with Crippen molar-refractivity contribution in [2.75, 3.05) is 10.0 Å². The molecule has 12 heteroatoms. The van der Waals surface area contributed by atoms with Crippen LogP contribution in [0, 0.1) is 13.8 Å². The van der Waals surface area contributed by atoms with Crippen LogP contribution in [0.5, 0.6) is 0 Å². The highest BCUT2D eigenvalue weighted by molar-refractivity contribution is 7.92. The minimum atomic E-state index is -4.58. The predicted molar refractivity (Wildman–Crippen MR) is 131 cm³/mol. The standard InChI is InChI=1S/C22H16Cl2F3N3O2S2/c1-11-3-5-17-18(7-11)33-21(28-17)29-20-15(23)9-14(10-16(20)24)30-34(31,32)19-6-4-13(8-12(19)2)22(25,26)27/h3-10,30H,1-2H3,(H,28,29). The molecule has 5 nitrogen and oxygen atoms in total. The van der Waals surface area contributed by atoms with E-state index in [1.165, 1.54) is 30.4 Å². The van der Waals surface area contributed by atoms with E-state index in [4.69, 9.17) is 23.2 Å². The van der Waals surface area contributed by atoms with Gasteiger partial charge in [-0.2, -0.15) is 13.2 Å². The highest BCUT2D eigenvalue weighted by Crippen LogP contribution is 2.39. The lowest BCUT2D eigenvalue weighted by Crippen LogP contribution is -2.15. The fraction of sp³-hybridized carbons (Fsp3) is 0.136. The van der Waals surface area contributed by atoms with E-state index in [2.05, 4.69) is 15.0 Å². The second kappa shape index (κ2) is 8.92. The molecule has 0 unspecified atom stereocenters. The van der Waals surface area contributed by atoms with E-state index in [0.29, 0.717) is 16.9 Å². The third-order valence-electron chi connectivity index (χ3n) is 4.86. The van der Waals surface area contributed by atoms with Crippen LogP contribution < -0.4 is 10.0 Å². The summed E-state index contributed by atoms with van der Waals surface area (Å²) in [5.74, 6) is 0. The largest absolute Gasteiger partial charge is 0.416 e. The van der Waals surface area contributed by atoms with E-state index >= 15 is 0 Å². The van der Waals surface area contributed by atoms with Gasteiger partial charge in [-0.3, -0.25) is 4.72 Å². The van der Waals surface area contributed by atoms with Crippen molar-refractivity contribution in [3.63, 3.8) is 0 Å². The number of hydrogen-bond acceptors (Lipinski definition) is 5. The van der Waals surface area contributed by atoms with E-state index in [9.17, 15) is 21.6 Å². The summed E-state index contributed by atoms with van der Waals surface area (Å²) in [5, 5.41) is 3.87. The predicted octanol–water partition coefficient (Wildman–Crippen LogP) is 7.78. The van der Waals surface area contributed by atoms with E-state index in [0.717, 1.165) is 27.9 Å². The average Bonchev–Trinajstić information content (AvgIpc) is 3.11. The van der Waals surface area contributed by atoms with Crippen LogP contribution in [0.3, 0.4) is 0 Å². The third-order valence-corrected chi connectivity index (χ3v) is 7.93. The second-order valence-corrected chi connectivity index (χ2v) is 11.0. The van der Waals surface area contributed by atoms with Gasteiger partial charge in [-0.25, -0.2) is 13.4 Å². The maximum absolute atomic E-state index is 12.9. The molecule has 3 aromatic carbocycles. The first-order chi connectivity index (χ1) is 15.8. The number of rotatable bonds is 5. The Morgan fingerprint density at radius 2 is 1.65 bits per heavy atom. The summed E-state index contributed by atoms with van der Waals surface area (Å²) >= 11 is 14.1. The Kier molecular flexibility index (Phi) is 6.45. The van der Waals surface area contributed by atoms with E-state index in [-0.39, 0.29) is 26.2 Å². The van der Waals surface area contributed by atoms with Gasteiger partial charge < -0.3 is 5.32 Å². The van der Waals surface area contributed by atoms with Gasteiger partial charge in [0.2, 0.25) is 0 Å². The van der Waals surface area contributed by atoms with Crippen molar-refractivity contribution in [3.8, 4) is 0 Å². The molecule has 1 heterocycles. The molecule has 4 rings (SSSR count). The van der Waals surface area contributed by atoms with Gasteiger partial charge in [-0.15, -0.1) is 0 Å². The van der Waals surface area contributed by atoms with Crippen molar-refractivity contribution < 1.29 is 21.6 Å². The van der Waals surface area contributed by atoms with E-state index < -0.39 is 21.8 Å². The van der Waals surface area contributed by atoms with Gasteiger partial charge in [0, 0.05) is 0 Å². The number of fused-ring (bicyclic) bond motifs is 1. The van der Waals surface area contributed by atoms with Crippen LogP contribution in [0.4, 0.5) is 29.7 Å². The molecule has 34 heavy (non-hydrogen) atoms. The van der Waals surface area contributed by atoms with Crippen molar-refractivity contribution in [1.82, 2.24) is 4.98 Å². The number of thiazole rings is 1. The topological polar surface area (TPSA) is 71.1 Å². The number of sulfonamides is 1. The first-order valence-corrected chi connectivity index (χ1v) is 12.7. The summed E-state index contributed by atoms with van der Waals surface area (Å²) in [5.41, 5.74) is 1.31. The molecule has 178 valence electrons. The molecule has 0 saturated heterocycles. The molecule has 4 aromatic rings. The van der Waals surface area contributed by atoms with E-state index in [1.807, 2.05) is 25.1 Å². The molecule has 0 amide bonds. The first-order valence-electron chi connectivity index (χ1n) is 9.67. The average molecular weight is 546 g/mol. The van der Waals surface area contributed by atoms with E-state index in [1.54, 1.807) is 0 Å². The summed E-state index contributed by atoms with van der Waals surface area (Å²) < 4.78 is 67.6. The Bertz CT molecular complexity index is 1500. The zero-order valence-corrected chi connectivity index (χ0v) is 20.7. The van der Waals surface area contributed by atoms with Crippen molar-refractivity contribution in [1.29, 1.82) is 0 Å². The number of nitrogens with zero attached hydrogens (tertiary/aromatic N) is 1. The van der Waals surface area contributed by atoms with Gasteiger partial charge in [0.15, 0.2) is 5.13 Å². The lowest BCUT2D eigenvalue weighted by atomic mass is 10.1. The highest BCUT2D eigenvalue weighted by atomic mass is 35.5. The minimum absolute atomic E-state index is 0.0520. The summed E-state index contributed by atoms with van der Waals surface area (Å²) in [6.45, 7) is 3.27. The van der Waals surface area contributed by atoms with Crippen LogP contribution in [0.1, 0.15) is 16.7 Å². The van der Waals surface area contributed by atoms with Crippen molar-refractivity contribution in [2.24, 2.45) is 0 Å². The third kappa shape index (κ3) is 5.10. The van der Waals surface area contributed by atoms with Crippen molar-refractivity contribution in [3.05, 3.63) is 75.3 Å². The maximum Gasteiger partial charge on any atom is 0.416 e. The second-order valence-electron chi connectivity index (χ2n) is 7.51. The Morgan fingerprint density at radius 1 is 0.971 bits per heavy atom. The van der Waals surface area contributed by atoms with Crippen molar-refractivity contribution >= 4 is 71.3 Å². The van der Waals surface area contributed by atoms with Gasteiger partial charge in [-0.05, 0) is 67.4 Å². The molecule has 0 aliphatic rings. The smallest absolute Gasteiger partial charge is 0.329 e. The molecular formula is C22H16Cl2F3N3O2S2. The van der Waals surface area contributed by atoms with Crippen LogP contribution in [-0.2, 0) is 16.2 Å². The zero-order chi connectivity index (χ0) is 24.8. The number of halogens is 5. The Balaban J connectivity index is 1.60. The molecule has 0 radical (unpaired) electrons. The zero-order valence-electron chi connectivity index (χ0n) is 17.6. The normalized spacial score (nSPS) is 12.2. The highest BCUT2D eigenvalue weighted by Gasteiger charge is 2.31. The lowest BCUT2D eigenvalue weighted by Gasteiger charge is -2.15. The summed E-state index contributed by atoms with van der Waals surface area (Å²) in [6.07, 6.45) is -4.58. The number of aromatic nitrogens is 1. The SMILES string of the molecule is Cc1ccc2nc(Nc3c(Cl)cc(NS(=O)(=O)c4ccc(C(F)(F)F)cc4C)cc3Cl)sc2c1. The van der Waals surface area contributed by atoms with Crippen molar-refractivity contribution in [2.45, 2.75) is 24.9 Å². The number of alkyl halides is 3. The number of hydrogen-bond donors (Lipinski definition) is 2. The summed E-state index contributed by atoms with van der Waals surface area (Å²) in [7, 11) is -4.20. The van der Waals surface area contributed by atoms with Crippen LogP contribution in [0.25, 0.3) is 10.2 Å². The van der Waals surface area contributed by atoms with Crippen LogP contribution in [-0.4, -0.2) is 13.4 Å². The Labute approximate surface area is 207 Å². The maximum atomic E-state index is 12.9. The fourth-order valence-corrected chi connectivity index (χ4v) is 6.10. The van der Waals surface area contributed by atoms with Gasteiger partial charge >= 0.3 is 6.18 Å². The molecule has 0 saturated carbocycles. The molecule has 0 bridgehead atoms. The van der Waals surface area contributed by atoms with Gasteiger partial charge in [0.25, 0.3) is 10.0 Å². The fourth-order valence-electron chi connectivity index (χ4n) is 3.28. The molecule has 1 aromatic heterocycles. The first kappa shape index (κ1) is 24.6. The quantitative estimate of drug-likeness (QED) is 0.268. The molecular weight excluding hydrogens is 530 g/mol. The number of nitrogens with one attached hydrogen (secondary N) is 2. The monoisotopic (exact) mass is 545 g/mol. The Morgan fingerprint density at radius 3 is 2.26 bits per heavy atom. The van der Waals surface area contributed by atoms with Crippen LogP contribution in [0.15, 0.2) is 53.4 Å². The van der Waals surface area contributed by atoms with Crippen LogP contribution in [0.2, 0.25) is 10.0 Å². The molecule has 0 fully saturated rings. The summed E-state index contributed by atoms with van der Waals surface area (Å²) in [4.78, 5) is 4.19. The number of aryl methyl sites for hydroxylation is 2. The Hall–Kier alpha value is -2.53.